The molecule has 12 heavy (non-hydrogen) atoms. The summed E-state index contributed by atoms with van der Waals surface area (Å²) in [6, 6.07) is 1.90. The fraction of sp³-hybridized carbons (Fsp3) is 0.222. The number of fused-ring (bicyclic) bond motifs is 1. The predicted octanol–water partition coefficient (Wildman–Crippen LogP) is 1.64. The molecule has 0 radical (unpaired) electrons. The topological polar surface area (TPSA) is 38.7 Å². The Morgan fingerprint density at radius 3 is 2.83 bits per heavy atom. The predicted molar refractivity (Wildman–Crippen MR) is 46.8 cm³/mol. The standard InChI is InChI=1S/C9H9N3/c1-6-8-5-10-4-3-9(8)12-7(2)11-6/h3-5H,1-2H3. The summed E-state index contributed by atoms with van der Waals surface area (Å²) in [6.45, 7) is 3.87. The highest BCUT2D eigenvalue weighted by molar-refractivity contribution is 5.79. The Kier molecular flexibility index (Phi) is 1.50. The van der Waals surface area contributed by atoms with Crippen molar-refractivity contribution in [2.24, 2.45) is 0 Å². The van der Waals surface area contributed by atoms with Crippen LogP contribution in [0.25, 0.3) is 10.9 Å². The Labute approximate surface area is 70.5 Å². The molecule has 0 amide bonds. The lowest BCUT2D eigenvalue weighted by molar-refractivity contribution is 1.05. The van der Waals surface area contributed by atoms with Crippen LogP contribution >= 0.6 is 0 Å². The van der Waals surface area contributed by atoms with Crippen molar-refractivity contribution in [1.82, 2.24) is 15.0 Å². The molecule has 0 saturated carbocycles. The average Bonchev–Trinajstić information content (AvgIpc) is 2.04. The smallest absolute Gasteiger partial charge is 0.126 e. The summed E-state index contributed by atoms with van der Waals surface area (Å²) in [5, 5.41) is 1.03. The van der Waals surface area contributed by atoms with Crippen LogP contribution in [0.5, 0.6) is 0 Å². The van der Waals surface area contributed by atoms with Crippen LogP contribution in [0.2, 0.25) is 0 Å². The Balaban J connectivity index is 2.89. The number of aryl methyl sites for hydroxylation is 2. The highest BCUT2D eigenvalue weighted by Gasteiger charge is 1.99. The van der Waals surface area contributed by atoms with Gasteiger partial charge in [0, 0.05) is 17.8 Å². The van der Waals surface area contributed by atoms with E-state index < -0.39 is 0 Å². The molecule has 2 rings (SSSR count). The van der Waals surface area contributed by atoms with Gasteiger partial charge in [0.1, 0.15) is 5.82 Å². The third-order valence-corrected chi connectivity index (χ3v) is 1.80. The van der Waals surface area contributed by atoms with Gasteiger partial charge < -0.3 is 0 Å². The zero-order valence-electron chi connectivity index (χ0n) is 7.07. The van der Waals surface area contributed by atoms with Crippen LogP contribution in [-0.4, -0.2) is 15.0 Å². The van der Waals surface area contributed by atoms with Crippen LogP contribution in [0.4, 0.5) is 0 Å². The molecular weight excluding hydrogens is 150 g/mol. The lowest BCUT2D eigenvalue weighted by Gasteiger charge is -2.00. The fourth-order valence-electron chi connectivity index (χ4n) is 1.27. The third kappa shape index (κ3) is 1.03. The second-order valence-corrected chi connectivity index (χ2v) is 2.75. The van der Waals surface area contributed by atoms with Crippen LogP contribution in [0.1, 0.15) is 11.5 Å². The summed E-state index contributed by atoms with van der Waals surface area (Å²) in [6.07, 6.45) is 3.54. The summed E-state index contributed by atoms with van der Waals surface area (Å²) in [5.74, 6) is 0.811. The minimum Gasteiger partial charge on any atom is -0.264 e. The lowest BCUT2D eigenvalue weighted by atomic mass is 10.2. The van der Waals surface area contributed by atoms with Gasteiger partial charge in [-0.2, -0.15) is 0 Å². The zero-order valence-corrected chi connectivity index (χ0v) is 7.07. The van der Waals surface area contributed by atoms with Gasteiger partial charge in [0.05, 0.1) is 11.2 Å². The van der Waals surface area contributed by atoms with Gasteiger partial charge in [0.25, 0.3) is 0 Å². The van der Waals surface area contributed by atoms with Crippen LogP contribution in [0.3, 0.4) is 0 Å². The minimum atomic E-state index is 0.811. The van der Waals surface area contributed by atoms with Crippen LogP contribution in [0.15, 0.2) is 18.5 Å². The van der Waals surface area contributed by atoms with E-state index >= 15 is 0 Å². The molecule has 0 bridgehead atoms. The monoisotopic (exact) mass is 159 g/mol. The van der Waals surface area contributed by atoms with E-state index in [0.717, 1.165) is 22.4 Å². The Morgan fingerprint density at radius 2 is 2.00 bits per heavy atom. The molecule has 0 fully saturated rings. The summed E-state index contributed by atoms with van der Waals surface area (Å²) in [5.41, 5.74) is 1.96. The molecule has 3 heteroatoms. The van der Waals surface area contributed by atoms with E-state index in [1.54, 1.807) is 12.4 Å². The fourth-order valence-corrected chi connectivity index (χ4v) is 1.27. The van der Waals surface area contributed by atoms with E-state index in [1.165, 1.54) is 0 Å². The maximum Gasteiger partial charge on any atom is 0.126 e. The first-order valence-electron chi connectivity index (χ1n) is 3.82. The summed E-state index contributed by atoms with van der Waals surface area (Å²) in [7, 11) is 0. The highest BCUT2D eigenvalue weighted by Crippen LogP contribution is 2.12. The largest absolute Gasteiger partial charge is 0.264 e. The number of pyridine rings is 1. The molecule has 0 aromatic carbocycles. The van der Waals surface area contributed by atoms with E-state index in [-0.39, 0.29) is 0 Å². The first-order valence-corrected chi connectivity index (χ1v) is 3.82. The Bertz CT molecular complexity index is 423. The van der Waals surface area contributed by atoms with Gasteiger partial charge in [-0.25, -0.2) is 9.97 Å². The van der Waals surface area contributed by atoms with Crippen molar-refractivity contribution >= 4 is 10.9 Å². The van der Waals surface area contributed by atoms with E-state index in [0.29, 0.717) is 0 Å². The minimum absolute atomic E-state index is 0.811. The molecule has 0 unspecified atom stereocenters. The molecule has 0 aliphatic heterocycles. The van der Waals surface area contributed by atoms with Crippen molar-refractivity contribution in [1.29, 1.82) is 0 Å². The first kappa shape index (κ1) is 7.16. The molecule has 2 aromatic heterocycles. The number of rotatable bonds is 0. The van der Waals surface area contributed by atoms with Crippen molar-refractivity contribution < 1.29 is 0 Å². The van der Waals surface area contributed by atoms with Gasteiger partial charge in [-0.1, -0.05) is 0 Å². The van der Waals surface area contributed by atoms with Gasteiger partial charge in [0.15, 0.2) is 0 Å². The van der Waals surface area contributed by atoms with Gasteiger partial charge in [0.2, 0.25) is 0 Å². The molecule has 0 N–H and O–H groups in total. The number of nitrogens with zero attached hydrogens (tertiary/aromatic N) is 3. The van der Waals surface area contributed by atoms with Gasteiger partial charge in [-0.3, -0.25) is 4.98 Å². The maximum absolute atomic E-state index is 4.29. The van der Waals surface area contributed by atoms with Gasteiger partial charge in [-0.15, -0.1) is 0 Å². The van der Waals surface area contributed by atoms with Crippen LogP contribution < -0.4 is 0 Å². The second kappa shape index (κ2) is 2.52. The summed E-state index contributed by atoms with van der Waals surface area (Å²) >= 11 is 0. The summed E-state index contributed by atoms with van der Waals surface area (Å²) in [4.78, 5) is 12.6. The van der Waals surface area contributed by atoms with Crippen LogP contribution in [-0.2, 0) is 0 Å². The molecular formula is C9H9N3. The van der Waals surface area contributed by atoms with E-state index in [1.807, 2.05) is 19.9 Å². The molecule has 0 saturated heterocycles. The maximum atomic E-state index is 4.29. The third-order valence-electron chi connectivity index (χ3n) is 1.80. The van der Waals surface area contributed by atoms with E-state index in [4.69, 9.17) is 0 Å². The van der Waals surface area contributed by atoms with Crippen molar-refractivity contribution in [3.63, 3.8) is 0 Å². The Morgan fingerprint density at radius 1 is 1.17 bits per heavy atom. The van der Waals surface area contributed by atoms with E-state index in [2.05, 4.69) is 15.0 Å². The van der Waals surface area contributed by atoms with Crippen molar-refractivity contribution in [2.45, 2.75) is 13.8 Å². The quantitative estimate of drug-likeness (QED) is 0.586. The molecule has 0 aliphatic carbocycles. The SMILES string of the molecule is Cc1nc(C)c2cnccc2n1. The molecule has 2 heterocycles. The molecule has 60 valence electrons. The normalized spacial score (nSPS) is 10.5. The Hall–Kier alpha value is -1.51. The number of aromatic nitrogens is 3. The highest BCUT2D eigenvalue weighted by atomic mass is 14.9. The van der Waals surface area contributed by atoms with Crippen LogP contribution in [0, 0.1) is 13.8 Å². The van der Waals surface area contributed by atoms with Gasteiger partial charge in [-0.05, 0) is 19.9 Å². The number of hydrogen-bond donors (Lipinski definition) is 0. The molecule has 0 aliphatic rings. The van der Waals surface area contributed by atoms with Crippen molar-refractivity contribution in [3.05, 3.63) is 30.0 Å². The van der Waals surface area contributed by atoms with E-state index in [9.17, 15) is 0 Å². The lowest BCUT2D eigenvalue weighted by Crippen LogP contribution is -1.92. The summed E-state index contributed by atoms with van der Waals surface area (Å²) < 4.78 is 0. The molecule has 3 nitrogen and oxygen atoms in total. The first-order chi connectivity index (χ1) is 5.77. The van der Waals surface area contributed by atoms with Crippen molar-refractivity contribution in [3.8, 4) is 0 Å². The number of hydrogen-bond acceptors (Lipinski definition) is 3. The second-order valence-electron chi connectivity index (χ2n) is 2.75. The van der Waals surface area contributed by atoms with Crippen molar-refractivity contribution in [2.75, 3.05) is 0 Å². The molecule has 0 spiro atoms. The zero-order chi connectivity index (χ0) is 8.55. The molecule has 0 atom stereocenters. The molecule has 2 aromatic rings. The average molecular weight is 159 g/mol. The van der Waals surface area contributed by atoms with Gasteiger partial charge >= 0.3 is 0 Å².